The molecule has 0 spiro atoms. The van der Waals surface area contributed by atoms with Crippen molar-refractivity contribution >= 4 is 11.4 Å². The van der Waals surface area contributed by atoms with Gasteiger partial charge in [0.25, 0.3) is 0 Å². The predicted octanol–water partition coefficient (Wildman–Crippen LogP) is 4.59. The number of hydrogen-bond donors (Lipinski definition) is 0. The molecule has 1 heterocycles. The molecule has 1 aliphatic rings. The number of nitrogens with zero attached hydrogens (tertiary/aromatic N) is 1. The van der Waals surface area contributed by atoms with Crippen molar-refractivity contribution in [3.8, 4) is 0 Å². The van der Waals surface area contributed by atoms with Gasteiger partial charge in [-0.3, -0.25) is 0 Å². The zero-order valence-electron chi connectivity index (χ0n) is 12.8. The van der Waals surface area contributed by atoms with Crippen molar-refractivity contribution in [1.82, 2.24) is 0 Å². The summed E-state index contributed by atoms with van der Waals surface area (Å²) in [5.41, 5.74) is 7.03. The maximum absolute atomic E-state index is 2.46. The van der Waals surface area contributed by atoms with Gasteiger partial charge in [-0.15, -0.1) is 0 Å². The molecule has 0 amide bonds. The Kier molecular flexibility index (Phi) is 3.01. The topological polar surface area (TPSA) is 3.01 Å². The van der Waals surface area contributed by atoms with Crippen LogP contribution < -0.4 is 0 Å². The van der Waals surface area contributed by atoms with Gasteiger partial charge in [0, 0.05) is 24.1 Å². The summed E-state index contributed by atoms with van der Waals surface area (Å²) < 4.78 is 2.46. The molecule has 0 fully saturated rings. The first-order valence-electron chi connectivity index (χ1n) is 7.27. The summed E-state index contributed by atoms with van der Waals surface area (Å²) in [5, 5.41) is 0. The van der Waals surface area contributed by atoms with Crippen LogP contribution in [-0.4, -0.2) is 10.3 Å². The molecule has 0 bridgehead atoms. The number of fused-ring (bicyclic) bond motifs is 1. The van der Waals surface area contributed by atoms with Crippen LogP contribution in [0.5, 0.6) is 0 Å². The molecule has 0 saturated heterocycles. The fourth-order valence-electron chi connectivity index (χ4n) is 3.03. The average molecular weight is 264 g/mol. The standard InChI is InChI=1S/C19H22N/c1-14-9-11-16(12-10-14)13-20-15(2)19(3,4)17-7-5-6-8-18(17)20/h5-12H,13H2,1-4H3/q+1. The molecule has 2 aromatic rings. The molecular weight excluding hydrogens is 242 g/mol. The molecular formula is C19H22N+. The van der Waals surface area contributed by atoms with Crippen LogP contribution in [0.25, 0.3) is 0 Å². The Bertz CT molecular complexity index is 675. The van der Waals surface area contributed by atoms with Gasteiger partial charge in [-0.1, -0.05) is 48.0 Å². The molecule has 0 aromatic heterocycles. The van der Waals surface area contributed by atoms with Crippen LogP contribution in [0.2, 0.25) is 0 Å². The molecule has 0 saturated carbocycles. The van der Waals surface area contributed by atoms with Gasteiger partial charge in [-0.2, -0.15) is 4.58 Å². The SMILES string of the molecule is CC1=[N+](Cc2ccc(C)cc2)c2ccccc2C1(C)C. The molecule has 1 nitrogen and oxygen atoms in total. The predicted molar refractivity (Wildman–Crippen MR) is 85.0 cm³/mol. The molecule has 2 aromatic carbocycles. The number of hydrogen-bond acceptors (Lipinski definition) is 0. The van der Waals surface area contributed by atoms with Gasteiger partial charge in [-0.05, 0) is 20.8 Å². The highest BCUT2D eigenvalue weighted by Crippen LogP contribution is 2.39. The van der Waals surface area contributed by atoms with E-state index in [1.807, 2.05) is 0 Å². The molecule has 20 heavy (non-hydrogen) atoms. The summed E-state index contributed by atoms with van der Waals surface area (Å²) in [6.07, 6.45) is 0. The Labute approximate surface area is 121 Å². The highest BCUT2D eigenvalue weighted by molar-refractivity contribution is 5.93. The van der Waals surface area contributed by atoms with Crippen LogP contribution >= 0.6 is 0 Å². The summed E-state index contributed by atoms with van der Waals surface area (Å²) in [5.74, 6) is 0. The Morgan fingerprint density at radius 1 is 0.900 bits per heavy atom. The van der Waals surface area contributed by atoms with Gasteiger partial charge in [0.1, 0.15) is 0 Å². The Balaban J connectivity index is 2.04. The largest absolute Gasteiger partial charge is 0.209 e. The van der Waals surface area contributed by atoms with Crippen molar-refractivity contribution < 1.29 is 4.58 Å². The van der Waals surface area contributed by atoms with E-state index in [0.717, 1.165) is 6.54 Å². The lowest BCUT2D eigenvalue weighted by molar-refractivity contribution is -0.456. The molecule has 0 radical (unpaired) electrons. The quantitative estimate of drug-likeness (QED) is 0.698. The first-order valence-corrected chi connectivity index (χ1v) is 7.27. The van der Waals surface area contributed by atoms with Gasteiger partial charge in [0.15, 0.2) is 12.3 Å². The summed E-state index contributed by atoms with van der Waals surface area (Å²) >= 11 is 0. The van der Waals surface area contributed by atoms with E-state index in [2.05, 4.69) is 80.8 Å². The molecule has 0 atom stereocenters. The van der Waals surface area contributed by atoms with E-state index in [9.17, 15) is 0 Å². The van der Waals surface area contributed by atoms with E-state index >= 15 is 0 Å². The number of aryl methyl sites for hydroxylation is 1. The number of para-hydroxylation sites is 1. The molecule has 1 aliphatic heterocycles. The van der Waals surface area contributed by atoms with Gasteiger partial charge < -0.3 is 0 Å². The lowest BCUT2D eigenvalue weighted by atomic mass is 9.82. The van der Waals surface area contributed by atoms with Crippen molar-refractivity contribution in [2.24, 2.45) is 0 Å². The molecule has 1 heteroatoms. The van der Waals surface area contributed by atoms with Crippen molar-refractivity contribution in [1.29, 1.82) is 0 Å². The van der Waals surface area contributed by atoms with Gasteiger partial charge >= 0.3 is 0 Å². The first-order chi connectivity index (χ1) is 9.50. The molecule has 0 aliphatic carbocycles. The minimum atomic E-state index is 0.126. The minimum absolute atomic E-state index is 0.126. The van der Waals surface area contributed by atoms with E-state index in [0.29, 0.717) is 0 Å². The summed E-state index contributed by atoms with van der Waals surface area (Å²) in [6, 6.07) is 17.6. The third kappa shape index (κ3) is 1.98. The lowest BCUT2D eigenvalue weighted by Crippen LogP contribution is -2.26. The van der Waals surface area contributed by atoms with Crippen LogP contribution in [0.4, 0.5) is 5.69 Å². The van der Waals surface area contributed by atoms with E-state index in [1.165, 1.54) is 28.1 Å². The third-order valence-electron chi connectivity index (χ3n) is 4.64. The Morgan fingerprint density at radius 2 is 1.55 bits per heavy atom. The van der Waals surface area contributed by atoms with Crippen molar-refractivity contribution in [3.63, 3.8) is 0 Å². The van der Waals surface area contributed by atoms with Crippen molar-refractivity contribution in [2.45, 2.75) is 39.7 Å². The molecule has 0 N–H and O–H groups in total. The zero-order chi connectivity index (χ0) is 14.3. The van der Waals surface area contributed by atoms with Crippen molar-refractivity contribution in [3.05, 3.63) is 65.2 Å². The fourth-order valence-corrected chi connectivity index (χ4v) is 3.03. The van der Waals surface area contributed by atoms with Crippen LogP contribution in [0.3, 0.4) is 0 Å². The second-order valence-electron chi connectivity index (χ2n) is 6.30. The zero-order valence-corrected chi connectivity index (χ0v) is 12.8. The maximum atomic E-state index is 2.46. The first kappa shape index (κ1) is 13.1. The minimum Gasteiger partial charge on any atom is -0.195 e. The normalized spacial score (nSPS) is 16.4. The highest BCUT2D eigenvalue weighted by Gasteiger charge is 2.42. The maximum Gasteiger partial charge on any atom is 0.209 e. The second-order valence-corrected chi connectivity index (χ2v) is 6.30. The number of rotatable bonds is 2. The Hall–Kier alpha value is -1.89. The third-order valence-corrected chi connectivity index (χ3v) is 4.64. The van der Waals surface area contributed by atoms with Crippen LogP contribution in [0, 0.1) is 6.92 Å². The van der Waals surface area contributed by atoms with Gasteiger partial charge in [0.2, 0.25) is 5.69 Å². The number of benzene rings is 2. The van der Waals surface area contributed by atoms with E-state index in [1.54, 1.807) is 0 Å². The lowest BCUT2D eigenvalue weighted by Gasteiger charge is -2.14. The average Bonchev–Trinajstić information content (AvgIpc) is 2.63. The van der Waals surface area contributed by atoms with Gasteiger partial charge in [-0.25, -0.2) is 0 Å². The van der Waals surface area contributed by atoms with Crippen LogP contribution in [0.1, 0.15) is 37.5 Å². The van der Waals surface area contributed by atoms with Crippen LogP contribution in [-0.2, 0) is 12.0 Å². The Morgan fingerprint density at radius 3 is 2.25 bits per heavy atom. The summed E-state index contributed by atoms with van der Waals surface area (Å²) in [4.78, 5) is 0. The fraction of sp³-hybridized carbons (Fsp3) is 0.316. The van der Waals surface area contributed by atoms with E-state index in [-0.39, 0.29) is 5.41 Å². The van der Waals surface area contributed by atoms with Crippen LogP contribution in [0.15, 0.2) is 48.5 Å². The molecule has 3 rings (SSSR count). The van der Waals surface area contributed by atoms with E-state index in [4.69, 9.17) is 0 Å². The van der Waals surface area contributed by atoms with E-state index < -0.39 is 0 Å². The smallest absolute Gasteiger partial charge is 0.195 e. The van der Waals surface area contributed by atoms with Crippen molar-refractivity contribution in [2.75, 3.05) is 0 Å². The summed E-state index contributed by atoms with van der Waals surface area (Å²) in [7, 11) is 0. The second kappa shape index (κ2) is 4.59. The molecule has 0 unspecified atom stereocenters. The summed E-state index contributed by atoms with van der Waals surface area (Å²) in [6.45, 7) is 9.97. The molecule has 102 valence electrons. The van der Waals surface area contributed by atoms with Gasteiger partial charge in [0.05, 0.1) is 5.41 Å². The highest BCUT2D eigenvalue weighted by atomic mass is 15.1. The monoisotopic (exact) mass is 264 g/mol.